The minimum atomic E-state index is -0.489. The zero-order valence-electron chi connectivity index (χ0n) is 17.8. The molecule has 0 aliphatic rings. The second-order valence-corrected chi connectivity index (χ2v) is 7.01. The summed E-state index contributed by atoms with van der Waals surface area (Å²) in [7, 11) is 1.62. The van der Waals surface area contributed by atoms with Gasteiger partial charge >= 0.3 is 5.69 Å². The summed E-state index contributed by atoms with van der Waals surface area (Å²) in [4.78, 5) is 10.2. The van der Waals surface area contributed by atoms with Crippen LogP contribution in [0.4, 0.5) is 5.69 Å². The summed E-state index contributed by atoms with van der Waals surface area (Å²) in [5.74, 6) is 2.29. The van der Waals surface area contributed by atoms with Gasteiger partial charge in [-0.2, -0.15) is 5.10 Å². The first-order valence-corrected chi connectivity index (χ1v) is 10.1. The van der Waals surface area contributed by atoms with Crippen molar-refractivity contribution in [1.82, 2.24) is 20.0 Å². The van der Waals surface area contributed by atoms with Crippen molar-refractivity contribution in [1.29, 1.82) is 0 Å². The fraction of sp³-hybridized carbons (Fsp3) is 0.174. The number of para-hydroxylation sites is 1. The highest BCUT2D eigenvalue weighted by atomic mass is 16.6. The summed E-state index contributed by atoms with van der Waals surface area (Å²) in [6, 6.07) is 15.3. The van der Waals surface area contributed by atoms with E-state index in [2.05, 4.69) is 15.3 Å². The van der Waals surface area contributed by atoms with Crippen LogP contribution in [-0.4, -0.2) is 32.0 Å². The Hall–Kier alpha value is -4.47. The third-order valence-corrected chi connectivity index (χ3v) is 4.73. The van der Waals surface area contributed by atoms with Crippen LogP contribution in [-0.2, 0) is 19.6 Å². The van der Waals surface area contributed by atoms with E-state index in [1.807, 2.05) is 54.6 Å². The van der Waals surface area contributed by atoms with Gasteiger partial charge < -0.3 is 13.9 Å². The summed E-state index contributed by atoms with van der Waals surface area (Å²) >= 11 is 0. The standard InChI is InChI=1S/C23H21N5O5/c1-31-21-9-7-17(13-18(21)16-32-20-5-3-2-4-6-20)8-10-22-25-26-23(33-22)11-12-27-15-19(14-24-27)28(29)30/h2-10,13-15H,11-12,16H2,1H3/b10-8-. The maximum absolute atomic E-state index is 10.7. The Kier molecular flexibility index (Phi) is 6.74. The Bertz CT molecular complexity index is 1250. The molecular weight excluding hydrogens is 426 g/mol. The predicted octanol–water partition coefficient (Wildman–Crippen LogP) is 4.18. The molecule has 0 saturated carbocycles. The van der Waals surface area contributed by atoms with Crippen LogP contribution in [0.5, 0.6) is 11.5 Å². The SMILES string of the molecule is COc1ccc(/C=C\c2nnc(CCn3cc([N+](=O)[O-])cn3)o2)cc1COc1ccccc1. The van der Waals surface area contributed by atoms with Gasteiger partial charge in [-0.1, -0.05) is 24.3 Å². The molecule has 0 spiro atoms. The van der Waals surface area contributed by atoms with Gasteiger partial charge in [0.05, 0.1) is 12.0 Å². The lowest BCUT2D eigenvalue weighted by Gasteiger charge is -2.11. The fourth-order valence-corrected chi connectivity index (χ4v) is 3.07. The minimum Gasteiger partial charge on any atom is -0.496 e. The molecule has 0 radical (unpaired) electrons. The smallest absolute Gasteiger partial charge is 0.306 e. The minimum absolute atomic E-state index is 0.0582. The van der Waals surface area contributed by atoms with Gasteiger partial charge in [0.25, 0.3) is 0 Å². The first-order chi connectivity index (χ1) is 16.1. The molecule has 33 heavy (non-hydrogen) atoms. The Morgan fingerprint density at radius 2 is 2.00 bits per heavy atom. The number of ether oxygens (including phenoxy) is 2. The number of hydrogen-bond acceptors (Lipinski definition) is 8. The normalized spacial score (nSPS) is 11.1. The monoisotopic (exact) mass is 447 g/mol. The maximum Gasteiger partial charge on any atom is 0.306 e. The first-order valence-electron chi connectivity index (χ1n) is 10.1. The number of hydrogen-bond donors (Lipinski definition) is 0. The van der Waals surface area contributed by atoms with Gasteiger partial charge in [-0.05, 0) is 35.9 Å². The van der Waals surface area contributed by atoms with Gasteiger partial charge in [0.15, 0.2) is 0 Å². The van der Waals surface area contributed by atoms with Crippen LogP contribution in [0.15, 0.2) is 65.3 Å². The topological polar surface area (TPSA) is 118 Å². The average Bonchev–Trinajstić information content (AvgIpc) is 3.50. The van der Waals surface area contributed by atoms with E-state index in [0.29, 0.717) is 31.4 Å². The fourth-order valence-electron chi connectivity index (χ4n) is 3.07. The van der Waals surface area contributed by atoms with Crippen LogP contribution in [0, 0.1) is 10.1 Å². The predicted molar refractivity (Wildman–Crippen MR) is 120 cm³/mol. The van der Waals surface area contributed by atoms with Crippen LogP contribution < -0.4 is 9.47 Å². The molecule has 0 aliphatic heterocycles. The second-order valence-electron chi connectivity index (χ2n) is 7.01. The highest BCUT2D eigenvalue weighted by molar-refractivity contribution is 5.67. The van der Waals surface area contributed by atoms with Crippen LogP contribution in [0.3, 0.4) is 0 Å². The zero-order valence-corrected chi connectivity index (χ0v) is 17.8. The van der Waals surface area contributed by atoms with Crippen molar-refractivity contribution in [3.8, 4) is 11.5 Å². The molecule has 2 heterocycles. The number of aryl methyl sites for hydroxylation is 2. The van der Waals surface area contributed by atoms with Crippen LogP contribution in [0.2, 0.25) is 0 Å². The van der Waals surface area contributed by atoms with Crippen LogP contribution in [0.25, 0.3) is 12.2 Å². The van der Waals surface area contributed by atoms with Crippen molar-refractivity contribution >= 4 is 17.8 Å². The highest BCUT2D eigenvalue weighted by Crippen LogP contribution is 2.23. The van der Waals surface area contributed by atoms with E-state index in [-0.39, 0.29) is 5.69 Å². The molecule has 2 aromatic carbocycles. The first kappa shape index (κ1) is 21.8. The van der Waals surface area contributed by atoms with Gasteiger partial charge in [0, 0.05) is 24.6 Å². The summed E-state index contributed by atoms with van der Waals surface area (Å²) in [5.41, 5.74) is 1.77. The lowest BCUT2D eigenvalue weighted by atomic mass is 10.1. The van der Waals surface area contributed by atoms with Gasteiger partial charge in [-0.15, -0.1) is 10.2 Å². The Balaban J connectivity index is 1.38. The second kappa shape index (κ2) is 10.2. The third-order valence-electron chi connectivity index (χ3n) is 4.73. The van der Waals surface area contributed by atoms with Crippen molar-refractivity contribution in [2.75, 3.05) is 7.11 Å². The van der Waals surface area contributed by atoms with E-state index in [4.69, 9.17) is 13.9 Å². The maximum atomic E-state index is 10.7. The van der Waals surface area contributed by atoms with E-state index in [1.165, 1.54) is 17.1 Å². The molecule has 4 aromatic rings. The van der Waals surface area contributed by atoms with Crippen molar-refractivity contribution in [3.05, 3.63) is 93.9 Å². The van der Waals surface area contributed by atoms with Crippen molar-refractivity contribution in [2.24, 2.45) is 0 Å². The Morgan fingerprint density at radius 3 is 2.76 bits per heavy atom. The Labute approximate surface area is 189 Å². The van der Waals surface area contributed by atoms with E-state index in [0.717, 1.165) is 22.6 Å². The Morgan fingerprint density at radius 1 is 1.15 bits per heavy atom. The average molecular weight is 447 g/mol. The number of rotatable bonds is 10. The number of aromatic nitrogens is 4. The number of nitro groups is 1. The van der Waals surface area contributed by atoms with Gasteiger partial charge in [0.1, 0.15) is 30.5 Å². The molecule has 0 amide bonds. The third kappa shape index (κ3) is 5.82. The van der Waals surface area contributed by atoms with Gasteiger partial charge in [-0.25, -0.2) is 0 Å². The zero-order chi connectivity index (χ0) is 23.0. The highest BCUT2D eigenvalue weighted by Gasteiger charge is 2.10. The summed E-state index contributed by atoms with van der Waals surface area (Å²) in [5, 5.41) is 22.7. The number of benzene rings is 2. The molecule has 10 nitrogen and oxygen atoms in total. The molecule has 0 fully saturated rings. The summed E-state index contributed by atoms with van der Waals surface area (Å²) in [6.07, 6.45) is 6.55. The molecule has 0 aliphatic carbocycles. The molecule has 0 saturated heterocycles. The van der Waals surface area contributed by atoms with Crippen molar-refractivity contribution < 1.29 is 18.8 Å². The lowest BCUT2D eigenvalue weighted by molar-refractivity contribution is -0.385. The summed E-state index contributed by atoms with van der Waals surface area (Å²) < 4.78 is 18.4. The van der Waals surface area contributed by atoms with E-state index < -0.39 is 4.92 Å². The molecule has 4 rings (SSSR count). The molecule has 168 valence electrons. The molecule has 0 unspecified atom stereocenters. The number of methoxy groups -OCH3 is 1. The molecular formula is C23H21N5O5. The van der Waals surface area contributed by atoms with Crippen molar-refractivity contribution in [2.45, 2.75) is 19.6 Å². The number of nitrogens with zero attached hydrogens (tertiary/aromatic N) is 5. The molecule has 0 N–H and O–H groups in total. The van der Waals surface area contributed by atoms with E-state index in [1.54, 1.807) is 13.2 Å². The lowest BCUT2D eigenvalue weighted by Crippen LogP contribution is -2.01. The largest absolute Gasteiger partial charge is 0.496 e. The molecule has 0 atom stereocenters. The van der Waals surface area contributed by atoms with Gasteiger partial charge in [-0.3, -0.25) is 14.8 Å². The molecule has 0 bridgehead atoms. The van der Waals surface area contributed by atoms with Gasteiger partial charge in [0.2, 0.25) is 11.8 Å². The van der Waals surface area contributed by atoms with E-state index in [9.17, 15) is 10.1 Å². The van der Waals surface area contributed by atoms with Crippen molar-refractivity contribution in [3.63, 3.8) is 0 Å². The van der Waals surface area contributed by atoms with Crippen LogP contribution >= 0.6 is 0 Å². The van der Waals surface area contributed by atoms with E-state index >= 15 is 0 Å². The summed E-state index contributed by atoms with van der Waals surface area (Å²) in [6.45, 7) is 0.758. The molecule has 10 heteroatoms. The quantitative estimate of drug-likeness (QED) is 0.262. The molecule has 2 aromatic heterocycles. The van der Waals surface area contributed by atoms with Crippen LogP contribution in [0.1, 0.15) is 22.9 Å².